The minimum Gasteiger partial charge on any atom is -0.455 e. The molecule has 108 valence electrons. The smallest absolute Gasteiger partial charge is 0.263 e. The first kappa shape index (κ1) is 13.6. The average molecular weight is 326 g/mol. The molecule has 4 rings (SSSR count). The SMILES string of the molecule is O=C1NC(=S)S/C1=C\c1cc2cncc(C#CC3CC3)c2o1. The zero-order valence-corrected chi connectivity index (χ0v) is 13.0. The molecule has 0 aromatic carbocycles. The summed E-state index contributed by atoms with van der Waals surface area (Å²) in [5.74, 6) is 7.27. The van der Waals surface area contributed by atoms with E-state index in [1.165, 1.54) is 24.6 Å². The Labute approximate surface area is 136 Å². The number of aromatic nitrogens is 1. The summed E-state index contributed by atoms with van der Waals surface area (Å²) in [6.07, 6.45) is 7.49. The molecule has 2 aromatic heterocycles. The first-order chi connectivity index (χ1) is 10.7. The summed E-state index contributed by atoms with van der Waals surface area (Å²) >= 11 is 6.20. The number of rotatable bonds is 1. The van der Waals surface area contributed by atoms with Crippen LogP contribution in [0.5, 0.6) is 0 Å². The van der Waals surface area contributed by atoms with Crippen molar-refractivity contribution in [3.8, 4) is 11.8 Å². The number of carbonyl (C=O) groups excluding carboxylic acids is 1. The number of thiocarbonyl (C=S) groups is 1. The van der Waals surface area contributed by atoms with Crippen LogP contribution in [0.15, 0.2) is 27.8 Å². The topological polar surface area (TPSA) is 55.1 Å². The van der Waals surface area contributed by atoms with Gasteiger partial charge in [-0.3, -0.25) is 9.78 Å². The summed E-state index contributed by atoms with van der Waals surface area (Å²) in [5.41, 5.74) is 1.49. The van der Waals surface area contributed by atoms with Gasteiger partial charge in [-0.2, -0.15) is 0 Å². The first-order valence-corrected chi connectivity index (χ1v) is 8.05. The minimum absolute atomic E-state index is 0.192. The van der Waals surface area contributed by atoms with E-state index in [2.05, 4.69) is 22.1 Å². The largest absolute Gasteiger partial charge is 0.455 e. The number of hydrogen-bond acceptors (Lipinski definition) is 5. The van der Waals surface area contributed by atoms with E-state index in [1.54, 1.807) is 18.5 Å². The summed E-state index contributed by atoms with van der Waals surface area (Å²) in [7, 11) is 0. The molecule has 0 radical (unpaired) electrons. The zero-order valence-electron chi connectivity index (χ0n) is 11.4. The molecule has 0 spiro atoms. The van der Waals surface area contributed by atoms with Crippen LogP contribution >= 0.6 is 24.0 Å². The van der Waals surface area contributed by atoms with Crippen LogP contribution in [0.1, 0.15) is 24.2 Å². The van der Waals surface area contributed by atoms with E-state index >= 15 is 0 Å². The number of carbonyl (C=O) groups is 1. The predicted molar refractivity (Wildman–Crippen MR) is 89.9 cm³/mol. The van der Waals surface area contributed by atoms with Gasteiger partial charge in [0.05, 0.1) is 10.5 Å². The highest BCUT2D eigenvalue weighted by Crippen LogP contribution is 2.30. The fourth-order valence-electron chi connectivity index (χ4n) is 2.10. The molecule has 3 heterocycles. The third kappa shape index (κ3) is 2.65. The molecular formula is C16H10N2O2S2. The van der Waals surface area contributed by atoms with E-state index in [4.69, 9.17) is 16.6 Å². The summed E-state index contributed by atoms with van der Waals surface area (Å²) in [5, 5.41) is 3.46. The van der Waals surface area contributed by atoms with Gasteiger partial charge < -0.3 is 9.73 Å². The van der Waals surface area contributed by atoms with E-state index in [-0.39, 0.29) is 5.91 Å². The number of pyridine rings is 1. The molecule has 22 heavy (non-hydrogen) atoms. The van der Waals surface area contributed by atoms with Gasteiger partial charge in [0.2, 0.25) is 0 Å². The Morgan fingerprint density at radius 2 is 2.32 bits per heavy atom. The Kier molecular flexibility index (Phi) is 3.25. The molecule has 1 saturated carbocycles. The molecule has 1 saturated heterocycles. The highest BCUT2D eigenvalue weighted by molar-refractivity contribution is 8.26. The van der Waals surface area contributed by atoms with Crippen LogP contribution in [-0.4, -0.2) is 15.2 Å². The molecule has 0 bridgehead atoms. The fraction of sp³-hybridized carbons (Fsp3) is 0.188. The van der Waals surface area contributed by atoms with Crippen molar-refractivity contribution in [1.82, 2.24) is 10.3 Å². The molecule has 1 aliphatic heterocycles. The van der Waals surface area contributed by atoms with Crippen LogP contribution in [0, 0.1) is 17.8 Å². The maximum absolute atomic E-state index is 11.7. The second-order valence-electron chi connectivity index (χ2n) is 5.15. The summed E-state index contributed by atoms with van der Waals surface area (Å²) in [6.45, 7) is 0. The van der Waals surface area contributed by atoms with E-state index in [1.807, 2.05) is 6.07 Å². The van der Waals surface area contributed by atoms with Crippen LogP contribution in [0.3, 0.4) is 0 Å². The molecule has 4 nitrogen and oxygen atoms in total. The van der Waals surface area contributed by atoms with Crippen molar-refractivity contribution in [3.63, 3.8) is 0 Å². The molecule has 2 aliphatic rings. The zero-order chi connectivity index (χ0) is 15.1. The number of fused-ring (bicyclic) bond motifs is 1. The third-order valence-corrected chi connectivity index (χ3v) is 4.51. The molecule has 2 fully saturated rings. The van der Waals surface area contributed by atoms with Crippen LogP contribution < -0.4 is 5.32 Å². The van der Waals surface area contributed by atoms with Crippen molar-refractivity contribution in [2.45, 2.75) is 12.8 Å². The quantitative estimate of drug-likeness (QED) is 0.496. The first-order valence-electron chi connectivity index (χ1n) is 6.83. The lowest BCUT2D eigenvalue weighted by molar-refractivity contribution is -0.115. The monoisotopic (exact) mass is 326 g/mol. The highest BCUT2D eigenvalue weighted by atomic mass is 32.2. The summed E-state index contributed by atoms with van der Waals surface area (Å²) in [6, 6.07) is 1.85. The van der Waals surface area contributed by atoms with Crippen LogP contribution in [0.4, 0.5) is 0 Å². The van der Waals surface area contributed by atoms with Gasteiger partial charge in [-0.05, 0) is 18.9 Å². The molecule has 2 aromatic rings. The van der Waals surface area contributed by atoms with Crippen molar-refractivity contribution in [1.29, 1.82) is 0 Å². The standard InChI is InChI=1S/C16H10N2O2S2/c19-15-13(22-16(21)18-15)6-12-5-11-8-17-7-10(14(11)20-12)4-3-9-1-2-9/h5-9H,1-2H2,(H,18,19,21)/b13-6-. The molecule has 1 N–H and O–H groups in total. The number of amides is 1. The van der Waals surface area contributed by atoms with Gasteiger partial charge in [0.25, 0.3) is 5.91 Å². The highest BCUT2D eigenvalue weighted by Gasteiger charge is 2.23. The third-order valence-electron chi connectivity index (χ3n) is 3.35. The van der Waals surface area contributed by atoms with E-state index in [0.29, 0.717) is 26.5 Å². The van der Waals surface area contributed by atoms with E-state index in [9.17, 15) is 4.79 Å². The number of hydrogen-bond donors (Lipinski definition) is 1. The van der Waals surface area contributed by atoms with Gasteiger partial charge in [0.1, 0.15) is 10.1 Å². The molecule has 0 atom stereocenters. The molecule has 0 unspecified atom stereocenters. The lowest BCUT2D eigenvalue weighted by Crippen LogP contribution is -2.17. The molecular weight excluding hydrogens is 316 g/mol. The van der Waals surface area contributed by atoms with E-state index < -0.39 is 0 Å². The Hall–Kier alpha value is -2.10. The van der Waals surface area contributed by atoms with Gasteiger partial charge in [0.15, 0.2) is 5.58 Å². The van der Waals surface area contributed by atoms with Crippen LogP contribution in [-0.2, 0) is 4.79 Å². The van der Waals surface area contributed by atoms with Crippen molar-refractivity contribution in [2.75, 3.05) is 0 Å². The van der Waals surface area contributed by atoms with Gasteiger partial charge >= 0.3 is 0 Å². The second kappa shape index (κ2) is 5.27. The van der Waals surface area contributed by atoms with Gasteiger partial charge in [0, 0.05) is 29.8 Å². The molecule has 1 aliphatic carbocycles. The Balaban J connectivity index is 1.73. The maximum atomic E-state index is 11.7. The number of thioether (sulfide) groups is 1. The fourth-order valence-corrected chi connectivity index (χ4v) is 3.12. The Morgan fingerprint density at radius 1 is 1.45 bits per heavy atom. The maximum Gasteiger partial charge on any atom is 0.263 e. The van der Waals surface area contributed by atoms with Crippen molar-refractivity contribution >= 4 is 51.3 Å². The van der Waals surface area contributed by atoms with Gasteiger partial charge in [-0.1, -0.05) is 35.8 Å². The number of furan rings is 1. The minimum atomic E-state index is -0.192. The summed E-state index contributed by atoms with van der Waals surface area (Å²) in [4.78, 5) is 16.4. The predicted octanol–water partition coefficient (Wildman–Crippen LogP) is 3.08. The Morgan fingerprint density at radius 3 is 3.05 bits per heavy atom. The summed E-state index contributed by atoms with van der Waals surface area (Å²) < 4.78 is 6.30. The molecule has 1 amide bonds. The lowest BCUT2D eigenvalue weighted by Gasteiger charge is -1.92. The lowest BCUT2D eigenvalue weighted by atomic mass is 10.2. The van der Waals surface area contributed by atoms with Crippen LogP contribution in [0.2, 0.25) is 0 Å². The number of nitrogens with zero attached hydrogens (tertiary/aromatic N) is 1. The van der Waals surface area contributed by atoms with Crippen molar-refractivity contribution < 1.29 is 9.21 Å². The average Bonchev–Trinajstić information content (AvgIpc) is 3.14. The van der Waals surface area contributed by atoms with E-state index in [0.717, 1.165) is 10.9 Å². The van der Waals surface area contributed by atoms with Crippen molar-refractivity contribution in [2.24, 2.45) is 5.92 Å². The number of nitrogens with one attached hydrogen (secondary N) is 1. The van der Waals surface area contributed by atoms with Gasteiger partial charge in [-0.25, -0.2) is 0 Å². The second-order valence-corrected chi connectivity index (χ2v) is 6.87. The molecule has 6 heteroatoms. The van der Waals surface area contributed by atoms with Gasteiger partial charge in [-0.15, -0.1) is 0 Å². The van der Waals surface area contributed by atoms with Crippen LogP contribution in [0.25, 0.3) is 17.0 Å². The van der Waals surface area contributed by atoms with Crippen molar-refractivity contribution in [3.05, 3.63) is 34.7 Å². The normalized spacial score (nSPS) is 19.4. The Bertz CT molecular complexity index is 898.